The van der Waals surface area contributed by atoms with Crippen molar-refractivity contribution in [3.05, 3.63) is 57.5 Å². The molecule has 0 radical (unpaired) electrons. The summed E-state index contributed by atoms with van der Waals surface area (Å²) in [4.78, 5) is 14.7. The number of halogens is 1. The predicted octanol–water partition coefficient (Wildman–Crippen LogP) is 3.34. The van der Waals surface area contributed by atoms with Crippen LogP contribution in [0.1, 0.15) is 39.7 Å². The summed E-state index contributed by atoms with van der Waals surface area (Å²) in [5.41, 5.74) is 1.12. The van der Waals surface area contributed by atoms with Crippen molar-refractivity contribution < 1.29 is 14.3 Å². The standard InChI is InChI=1S/C18H17FN2O2S/c19-15-3-1-12(2-4-15)16(22)13-5-8-21(9-6-13)18(23)17-14(11-20)7-10-24-17/h1-4,7,10,13,16,22H,5-6,8-9H2. The van der Waals surface area contributed by atoms with Gasteiger partial charge in [-0.05, 0) is 47.9 Å². The zero-order valence-electron chi connectivity index (χ0n) is 13.0. The summed E-state index contributed by atoms with van der Waals surface area (Å²) in [6.07, 6.45) is 0.703. The molecule has 0 bridgehead atoms. The van der Waals surface area contributed by atoms with Gasteiger partial charge in [0.25, 0.3) is 5.91 Å². The van der Waals surface area contributed by atoms with Gasteiger partial charge in [0.15, 0.2) is 0 Å². The highest BCUT2D eigenvalue weighted by Gasteiger charge is 2.29. The number of likely N-dealkylation sites (tertiary alicyclic amines) is 1. The van der Waals surface area contributed by atoms with Gasteiger partial charge in [0.05, 0.1) is 11.7 Å². The number of nitriles is 1. The highest BCUT2D eigenvalue weighted by Crippen LogP contribution is 2.31. The van der Waals surface area contributed by atoms with Crippen LogP contribution < -0.4 is 0 Å². The molecule has 0 spiro atoms. The van der Waals surface area contributed by atoms with Gasteiger partial charge >= 0.3 is 0 Å². The topological polar surface area (TPSA) is 64.3 Å². The molecule has 1 saturated heterocycles. The molecule has 1 amide bonds. The minimum atomic E-state index is -0.653. The first kappa shape index (κ1) is 16.6. The van der Waals surface area contributed by atoms with Gasteiger partial charge < -0.3 is 10.0 Å². The zero-order valence-corrected chi connectivity index (χ0v) is 13.8. The first-order chi connectivity index (χ1) is 11.6. The van der Waals surface area contributed by atoms with Crippen LogP contribution in [0.25, 0.3) is 0 Å². The van der Waals surface area contributed by atoms with E-state index in [0.717, 1.165) is 0 Å². The SMILES string of the molecule is N#Cc1ccsc1C(=O)N1CCC(C(O)c2ccc(F)cc2)CC1. The Morgan fingerprint density at radius 2 is 1.96 bits per heavy atom. The molecule has 0 saturated carbocycles. The van der Waals surface area contributed by atoms with Crippen LogP contribution in [0.3, 0.4) is 0 Å². The van der Waals surface area contributed by atoms with Gasteiger partial charge in [-0.3, -0.25) is 4.79 Å². The highest BCUT2D eigenvalue weighted by atomic mass is 32.1. The van der Waals surface area contributed by atoms with Gasteiger partial charge in [-0.25, -0.2) is 4.39 Å². The van der Waals surface area contributed by atoms with E-state index in [-0.39, 0.29) is 17.6 Å². The van der Waals surface area contributed by atoms with E-state index in [9.17, 15) is 14.3 Å². The average molecular weight is 344 g/mol. The number of benzene rings is 1. The van der Waals surface area contributed by atoms with Crippen molar-refractivity contribution in [1.29, 1.82) is 5.26 Å². The number of nitrogens with zero attached hydrogens (tertiary/aromatic N) is 2. The van der Waals surface area contributed by atoms with Crippen LogP contribution in [0.2, 0.25) is 0 Å². The molecule has 1 unspecified atom stereocenters. The fourth-order valence-electron chi connectivity index (χ4n) is 3.06. The molecular weight excluding hydrogens is 327 g/mol. The quantitative estimate of drug-likeness (QED) is 0.929. The van der Waals surface area contributed by atoms with Crippen molar-refractivity contribution in [3.63, 3.8) is 0 Å². The van der Waals surface area contributed by atoms with Crippen LogP contribution in [0.15, 0.2) is 35.7 Å². The van der Waals surface area contributed by atoms with Crippen molar-refractivity contribution in [1.82, 2.24) is 4.90 Å². The van der Waals surface area contributed by atoms with Gasteiger partial charge in [-0.15, -0.1) is 11.3 Å². The Hall–Kier alpha value is -2.23. The molecule has 0 aliphatic carbocycles. The second kappa shape index (κ2) is 7.12. The van der Waals surface area contributed by atoms with Gasteiger partial charge in [-0.2, -0.15) is 5.26 Å². The van der Waals surface area contributed by atoms with E-state index in [1.807, 2.05) is 6.07 Å². The molecule has 1 aliphatic heterocycles. The molecule has 1 aromatic heterocycles. The van der Waals surface area contributed by atoms with Crippen molar-refractivity contribution >= 4 is 17.2 Å². The van der Waals surface area contributed by atoms with Crippen molar-refractivity contribution in [2.24, 2.45) is 5.92 Å². The van der Waals surface area contributed by atoms with Gasteiger partial charge in [0, 0.05) is 13.1 Å². The van der Waals surface area contributed by atoms with E-state index < -0.39 is 6.10 Å². The van der Waals surface area contributed by atoms with Crippen LogP contribution >= 0.6 is 11.3 Å². The molecule has 3 rings (SSSR count). The Bertz CT molecular complexity index is 758. The number of thiophene rings is 1. The first-order valence-electron chi connectivity index (χ1n) is 7.80. The second-order valence-electron chi connectivity index (χ2n) is 5.90. The van der Waals surface area contributed by atoms with E-state index in [0.29, 0.717) is 41.9 Å². The molecular formula is C18H17FN2O2S. The van der Waals surface area contributed by atoms with Gasteiger partial charge in [0.1, 0.15) is 16.8 Å². The van der Waals surface area contributed by atoms with Crippen LogP contribution in [-0.4, -0.2) is 29.0 Å². The lowest BCUT2D eigenvalue weighted by molar-refractivity contribution is 0.0465. The summed E-state index contributed by atoms with van der Waals surface area (Å²) in [5.74, 6) is -0.398. The first-order valence-corrected chi connectivity index (χ1v) is 8.68. The number of amides is 1. The molecule has 1 atom stereocenters. The minimum Gasteiger partial charge on any atom is -0.388 e. The Morgan fingerprint density at radius 3 is 2.58 bits per heavy atom. The van der Waals surface area contributed by atoms with E-state index in [1.54, 1.807) is 28.5 Å². The van der Waals surface area contributed by atoms with Crippen LogP contribution in [-0.2, 0) is 0 Å². The molecule has 2 heterocycles. The summed E-state index contributed by atoms with van der Waals surface area (Å²) >= 11 is 1.28. The summed E-state index contributed by atoms with van der Waals surface area (Å²) in [6, 6.07) is 9.59. The maximum absolute atomic E-state index is 13.0. The largest absolute Gasteiger partial charge is 0.388 e. The van der Waals surface area contributed by atoms with Crippen LogP contribution in [0.5, 0.6) is 0 Å². The third-order valence-electron chi connectivity index (χ3n) is 4.46. The molecule has 1 aliphatic rings. The molecule has 1 N–H and O–H groups in total. The predicted molar refractivity (Wildman–Crippen MR) is 89.0 cm³/mol. The fourth-order valence-corrected chi connectivity index (χ4v) is 3.87. The molecule has 4 nitrogen and oxygen atoms in total. The monoisotopic (exact) mass is 344 g/mol. The molecule has 1 fully saturated rings. The van der Waals surface area contributed by atoms with E-state index in [1.165, 1.54) is 23.5 Å². The zero-order chi connectivity index (χ0) is 17.1. The molecule has 2 aromatic rings. The number of carbonyl (C=O) groups excluding carboxylic acids is 1. The Morgan fingerprint density at radius 1 is 1.29 bits per heavy atom. The second-order valence-corrected chi connectivity index (χ2v) is 6.82. The normalized spacial score (nSPS) is 16.6. The number of rotatable bonds is 3. The maximum Gasteiger partial charge on any atom is 0.265 e. The number of carbonyl (C=O) groups is 1. The summed E-state index contributed by atoms with van der Waals surface area (Å²) in [6.45, 7) is 1.09. The maximum atomic E-state index is 13.0. The summed E-state index contributed by atoms with van der Waals surface area (Å²) < 4.78 is 13.0. The van der Waals surface area contributed by atoms with Crippen molar-refractivity contribution in [3.8, 4) is 6.07 Å². The minimum absolute atomic E-state index is 0.0401. The fraction of sp³-hybridized carbons (Fsp3) is 0.333. The van der Waals surface area contributed by atoms with Gasteiger partial charge in [-0.1, -0.05) is 12.1 Å². The number of aliphatic hydroxyl groups excluding tert-OH is 1. The summed E-state index contributed by atoms with van der Waals surface area (Å²) in [5, 5.41) is 21.2. The van der Waals surface area contributed by atoms with E-state index >= 15 is 0 Å². The smallest absolute Gasteiger partial charge is 0.265 e. The number of hydrogen-bond acceptors (Lipinski definition) is 4. The lowest BCUT2D eigenvalue weighted by atomic mass is 9.87. The molecule has 24 heavy (non-hydrogen) atoms. The van der Waals surface area contributed by atoms with E-state index in [2.05, 4.69) is 0 Å². The lowest BCUT2D eigenvalue weighted by Gasteiger charge is -2.34. The Balaban J connectivity index is 1.62. The lowest BCUT2D eigenvalue weighted by Crippen LogP contribution is -2.39. The number of aliphatic hydroxyl groups is 1. The molecule has 6 heteroatoms. The van der Waals surface area contributed by atoms with Crippen molar-refractivity contribution in [2.45, 2.75) is 18.9 Å². The van der Waals surface area contributed by atoms with Gasteiger partial charge in [0.2, 0.25) is 0 Å². The number of hydrogen-bond donors (Lipinski definition) is 1. The third kappa shape index (κ3) is 3.32. The number of piperidine rings is 1. The molecule has 1 aromatic carbocycles. The Labute approximate surface area is 143 Å². The van der Waals surface area contributed by atoms with Crippen LogP contribution in [0, 0.1) is 23.1 Å². The van der Waals surface area contributed by atoms with Crippen molar-refractivity contribution in [2.75, 3.05) is 13.1 Å². The molecule has 124 valence electrons. The Kier molecular flexibility index (Phi) is 4.93. The average Bonchev–Trinajstić information content (AvgIpc) is 3.10. The third-order valence-corrected chi connectivity index (χ3v) is 5.37. The summed E-state index contributed by atoms with van der Waals surface area (Å²) in [7, 11) is 0. The van der Waals surface area contributed by atoms with Crippen LogP contribution in [0.4, 0.5) is 4.39 Å². The van der Waals surface area contributed by atoms with E-state index in [4.69, 9.17) is 5.26 Å². The highest BCUT2D eigenvalue weighted by molar-refractivity contribution is 7.12.